The maximum atomic E-state index is 5.67. The van der Waals surface area contributed by atoms with E-state index in [-0.39, 0.29) is 0 Å². The summed E-state index contributed by atoms with van der Waals surface area (Å²) in [5, 5.41) is 3.36. The lowest BCUT2D eigenvalue weighted by atomic mass is 10.1. The molecule has 0 radical (unpaired) electrons. The first-order valence-electron chi connectivity index (χ1n) is 5.21. The summed E-state index contributed by atoms with van der Waals surface area (Å²) in [7, 11) is 0. The molecule has 1 aromatic rings. The van der Waals surface area contributed by atoms with Crippen molar-refractivity contribution in [1.82, 2.24) is 9.97 Å². The quantitative estimate of drug-likeness (QED) is 0.865. The van der Waals surface area contributed by atoms with Crippen LogP contribution in [0.5, 0.6) is 0 Å². The van der Waals surface area contributed by atoms with Crippen molar-refractivity contribution in [3.05, 3.63) is 10.8 Å². The number of halogens is 1. The number of nitrogens with two attached hydrogens (primary N) is 1. The summed E-state index contributed by atoms with van der Waals surface area (Å²) in [6, 6.07) is 0.445. The Kier molecular flexibility index (Phi) is 4.81. The molecule has 0 spiro atoms. The minimum Gasteiger partial charge on any atom is -0.383 e. The maximum Gasteiger partial charge on any atom is 0.146 e. The third-order valence-corrected chi connectivity index (χ3v) is 3.07. The normalized spacial score (nSPS) is 12.5. The molecule has 3 N–H and O–H groups in total. The van der Waals surface area contributed by atoms with Gasteiger partial charge in [0.15, 0.2) is 0 Å². The van der Waals surface area contributed by atoms with Crippen LogP contribution in [0.4, 0.5) is 11.6 Å². The first kappa shape index (κ1) is 12.2. The van der Waals surface area contributed by atoms with Crippen molar-refractivity contribution >= 4 is 27.6 Å². The second-order valence-corrected chi connectivity index (χ2v) is 4.25. The topological polar surface area (TPSA) is 63.8 Å². The second kappa shape index (κ2) is 5.90. The van der Waals surface area contributed by atoms with Crippen LogP contribution in [0.15, 0.2) is 10.8 Å². The van der Waals surface area contributed by atoms with Gasteiger partial charge in [-0.15, -0.1) is 0 Å². The Balaban J connectivity index is 2.74. The highest BCUT2D eigenvalue weighted by Gasteiger charge is 2.10. The lowest BCUT2D eigenvalue weighted by molar-refractivity contribution is 0.620. The van der Waals surface area contributed by atoms with Crippen LogP contribution in [0.25, 0.3) is 0 Å². The van der Waals surface area contributed by atoms with E-state index < -0.39 is 0 Å². The molecule has 0 amide bonds. The van der Waals surface area contributed by atoms with Gasteiger partial charge in [0.25, 0.3) is 0 Å². The highest BCUT2D eigenvalue weighted by molar-refractivity contribution is 9.10. The molecule has 0 fully saturated rings. The Morgan fingerprint density at radius 1 is 1.47 bits per heavy atom. The molecule has 0 aromatic carbocycles. The number of aromatic nitrogens is 2. The van der Waals surface area contributed by atoms with Crippen LogP contribution < -0.4 is 11.1 Å². The van der Waals surface area contributed by atoms with Gasteiger partial charge in [-0.1, -0.05) is 20.3 Å². The van der Waals surface area contributed by atoms with Crippen LogP contribution in [0.3, 0.4) is 0 Å². The van der Waals surface area contributed by atoms with Gasteiger partial charge >= 0.3 is 0 Å². The first-order chi connectivity index (χ1) is 7.19. The van der Waals surface area contributed by atoms with Gasteiger partial charge in [-0.2, -0.15) is 0 Å². The molecule has 1 unspecified atom stereocenters. The van der Waals surface area contributed by atoms with E-state index in [1.165, 1.54) is 6.33 Å². The van der Waals surface area contributed by atoms with Crippen molar-refractivity contribution in [2.75, 3.05) is 11.1 Å². The molecule has 0 saturated heterocycles. The highest BCUT2D eigenvalue weighted by atomic mass is 79.9. The zero-order valence-electron chi connectivity index (χ0n) is 9.13. The van der Waals surface area contributed by atoms with Crippen molar-refractivity contribution in [3.8, 4) is 0 Å². The smallest absolute Gasteiger partial charge is 0.146 e. The molecule has 1 heterocycles. The van der Waals surface area contributed by atoms with Crippen molar-refractivity contribution in [1.29, 1.82) is 0 Å². The summed E-state index contributed by atoms with van der Waals surface area (Å²) in [6.07, 6.45) is 4.84. The van der Waals surface area contributed by atoms with Crippen molar-refractivity contribution in [2.24, 2.45) is 0 Å². The highest BCUT2D eigenvalue weighted by Crippen LogP contribution is 2.25. The number of nitrogens with one attached hydrogen (secondary N) is 1. The Labute approximate surface area is 98.8 Å². The van der Waals surface area contributed by atoms with Gasteiger partial charge in [0, 0.05) is 6.04 Å². The van der Waals surface area contributed by atoms with Crippen LogP contribution in [-0.4, -0.2) is 16.0 Å². The summed E-state index contributed by atoms with van der Waals surface area (Å²) in [5.74, 6) is 1.25. The number of hydrogen-bond acceptors (Lipinski definition) is 4. The third kappa shape index (κ3) is 3.34. The van der Waals surface area contributed by atoms with E-state index in [9.17, 15) is 0 Å². The van der Waals surface area contributed by atoms with Gasteiger partial charge in [0.1, 0.15) is 22.4 Å². The molecule has 1 rings (SSSR count). The van der Waals surface area contributed by atoms with E-state index >= 15 is 0 Å². The lowest BCUT2D eigenvalue weighted by Gasteiger charge is -2.17. The zero-order chi connectivity index (χ0) is 11.3. The van der Waals surface area contributed by atoms with Gasteiger partial charge < -0.3 is 11.1 Å². The Hall–Kier alpha value is -0.840. The fraction of sp³-hybridized carbons (Fsp3) is 0.600. The molecule has 0 saturated carbocycles. The van der Waals surface area contributed by atoms with Crippen LogP contribution in [0.1, 0.15) is 33.1 Å². The molecule has 4 nitrogen and oxygen atoms in total. The predicted molar refractivity (Wildman–Crippen MR) is 66.8 cm³/mol. The molecule has 5 heteroatoms. The van der Waals surface area contributed by atoms with E-state index in [4.69, 9.17) is 5.73 Å². The molecule has 0 aliphatic carbocycles. The van der Waals surface area contributed by atoms with Gasteiger partial charge in [0.05, 0.1) is 0 Å². The number of hydrogen-bond donors (Lipinski definition) is 2. The Morgan fingerprint density at radius 2 is 2.20 bits per heavy atom. The third-order valence-electron chi connectivity index (χ3n) is 2.29. The summed E-state index contributed by atoms with van der Waals surface area (Å²) in [4.78, 5) is 8.06. The maximum absolute atomic E-state index is 5.67. The first-order valence-corrected chi connectivity index (χ1v) is 6.00. The van der Waals surface area contributed by atoms with Crippen molar-refractivity contribution in [2.45, 2.75) is 39.2 Å². The number of nitrogen functional groups attached to an aromatic ring is 1. The number of anilines is 2. The summed E-state index contributed by atoms with van der Waals surface area (Å²) in [6.45, 7) is 4.33. The van der Waals surface area contributed by atoms with E-state index in [1.807, 2.05) is 0 Å². The average molecular weight is 273 g/mol. The minimum absolute atomic E-state index is 0.445. The lowest BCUT2D eigenvalue weighted by Crippen LogP contribution is -2.19. The molecule has 0 bridgehead atoms. The van der Waals surface area contributed by atoms with Gasteiger partial charge in [-0.05, 0) is 28.8 Å². The van der Waals surface area contributed by atoms with Gasteiger partial charge in [-0.3, -0.25) is 0 Å². The molecule has 15 heavy (non-hydrogen) atoms. The number of rotatable bonds is 5. The monoisotopic (exact) mass is 272 g/mol. The standard InChI is InChI=1S/C10H17BrN4/c1-3-5-7(4-2)15-10-8(11)9(12)13-6-14-10/h6-7H,3-5H2,1-2H3,(H3,12,13,14,15). The molecular weight excluding hydrogens is 256 g/mol. The molecule has 1 atom stereocenters. The Morgan fingerprint density at radius 3 is 2.80 bits per heavy atom. The summed E-state index contributed by atoms with van der Waals surface area (Å²) in [5.41, 5.74) is 5.67. The van der Waals surface area contributed by atoms with E-state index in [0.29, 0.717) is 11.9 Å². The Bertz CT molecular complexity index is 316. The van der Waals surface area contributed by atoms with Crippen molar-refractivity contribution < 1.29 is 0 Å². The second-order valence-electron chi connectivity index (χ2n) is 3.46. The molecule has 1 aromatic heterocycles. The van der Waals surface area contributed by atoms with Gasteiger partial charge in [0.2, 0.25) is 0 Å². The fourth-order valence-corrected chi connectivity index (χ4v) is 1.72. The molecule has 0 aliphatic heterocycles. The summed E-state index contributed by atoms with van der Waals surface area (Å²) >= 11 is 3.38. The average Bonchev–Trinajstić information content (AvgIpc) is 2.24. The zero-order valence-corrected chi connectivity index (χ0v) is 10.7. The van der Waals surface area contributed by atoms with Crippen LogP contribution in [0, 0.1) is 0 Å². The van der Waals surface area contributed by atoms with Crippen LogP contribution in [-0.2, 0) is 0 Å². The molecular formula is C10H17BrN4. The van der Waals surface area contributed by atoms with E-state index in [2.05, 4.69) is 45.1 Å². The SMILES string of the molecule is CCCC(CC)Nc1ncnc(N)c1Br. The predicted octanol–water partition coefficient (Wildman–Crippen LogP) is 2.81. The molecule has 0 aliphatic rings. The van der Waals surface area contributed by atoms with E-state index in [1.54, 1.807) is 0 Å². The number of nitrogens with zero attached hydrogens (tertiary/aromatic N) is 2. The largest absolute Gasteiger partial charge is 0.383 e. The van der Waals surface area contributed by atoms with Crippen LogP contribution >= 0.6 is 15.9 Å². The minimum atomic E-state index is 0.445. The fourth-order valence-electron chi connectivity index (χ4n) is 1.40. The molecule has 84 valence electrons. The van der Waals surface area contributed by atoms with Crippen molar-refractivity contribution in [3.63, 3.8) is 0 Å². The van der Waals surface area contributed by atoms with Gasteiger partial charge in [-0.25, -0.2) is 9.97 Å². The summed E-state index contributed by atoms with van der Waals surface area (Å²) < 4.78 is 0.750. The van der Waals surface area contributed by atoms with E-state index in [0.717, 1.165) is 29.6 Å². The van der Waals surface area contributed by atoms with Crippen LogP contribution in [0.2, 0.25) is 0 Å².